The molecule has 2 rings (SSSR count). The Morgan fingerprint density at radius 1 is 1.53 bits per heavy atom. The SMILES string of the molecule is CC1CN(Cc2cnc(C(F)(F)F)s2)CC1N. The highest BCUT2D eigenvalue weighted by atomic mass is 32.1. The summed E-state index contributed by atoms with van der Waals surface area (Å²) in [6, 6.07) is 0.116. The third-order valence-corrected chi connectivity index (χ3v) is 3.95. The molecule has 1 aromatic heterocycles. The van der Waals surface area contributed by atoms with E-state index in [-0.39, 0.29) is 6.04 Å². The molecule has 0 saturated carbocycles. The first-order valence-electron chi connectivity index (χ1n) is 5.36. The zero-order chi connectivity index (χ0) is 12.6. The van der Waals surface area contributed by atoms with Gasteiger partial charge in [0.05, 0.1) is 0 Å². The Bertz CT molecular complexity index is 380. The van der Waals surface area contributed by atoms with Crippen LogP contribution in [-0.4, -0.2) is 29.0 Å². The van der Waals surface area contributed by atoms with Crippen molar-refractivity contribution in [3.05, 3.63) is 16.1 Å². The minimum absolute atomic E-state index is 0.116. The molecule has 1 aromatic rings. The summed E-state index contributed by atoms with van der Waals surface area (Å²) in [4.78, 5) is 6.11. The van der Waals surface area contributed by atoms with Gasteiger partial charge in [0, 0.05) is 36.8 Å². The Morgan fingerprint density at radius 2 is 2.24 bits per heavy atom. The molecule has 0 aliphatic carbocycles. The Morgan fingerprint density at radius 3 is 2.71 bits per heavy atom. The van der Waals surface area contributed by atoms with Crippen molar-refractivity contribution in [2.45, 2.75) is 25.7 Å². The van der Waals surface area contributed by atoms with Gasteiger partial charge in [0.2, 0.25) is 0 Å². The molecule has 7 heteroatoms. The number of nitrogens with two attached hydrogens (primary N) is 1. The van der Waals surface area contributed by atoms with Crippen LogP contribution in [0.3, 0.4) is 0 Å². The van der Waals surface area contributed by atoms with Gasteiger partial charge in [-0.15, -0.1) is 11.3 Å². The molecule has 1 aliphatic rings. The molecule has 0 bridgehead atoms. The van der Waals surface area contributed by atoms with Crippen molar-refractivity contribution in [2.75, 3.05) is 13.1 Å². The molecule has 96 valence electrons. The second-order valence-electron chi connectivity index (χ2n) is 4.46. The number of halogens is 3. The molecule has 2 heterocycles. The quantitative estimate of drug-likeness (QED) is 0.888. The van der Waals surface area contributed by atoms with Crippen molar-refractivity contribution in [3.8, 4) is 0 Å². The van der Waals surface area contributed by atoms with E-state index in [0.29, 0.717) is 28.7 Å². The zero-order valence-electron chi connectivity index (χ0n) is 9.37. The molecule has 0 radical (unpaired) electrons. The average molecular weight is 265 g/mol. The first-order valence-corrected chi connectivity index (χ1v) is 6.17. The maximum atomic E-state index is 12.4. The van der Waals surface area contributed by atoms with Crippen molar-refractivity contribution in [3.63, 3.8) is 0 Å². The molecule has 1 aliphatic heterocycles. The maximum Gasteiger partial charge on any atom is 0.443 e. The minimum atomic E-state index is -4.34. The molecular formula is C10H14F3N3S. The predicted molar refractivity (Wildman–Crippen MR) is 59.5 cm³/mol. The highest BCUT2D eigenvalue weighted by Crippen LogP contribution is 2.33. The van der Waals surface area contributed by atoms with E-state index in [9.17, 15) is 13.2 Å². The van der Waals surface area contributed by atoms with E-state index in [1.54, 1.807) is 0 Å². The van der Waals surface area contributed by atoms with Crippen LogP contribution >= 0.6 is 11.3 Å². The molecular weight excluding hydrogens is 251 g/mol. The van der Waals surface area contributed by atoms with Crippen molar-refractivity contribution in [1.82, 2.24) is 9.88 Å². The fourth-order valence-electron chi connectivity index (χ4n) is 1.96. The van der Waals surface area contributed by atoms with E-state index >= 15 is 0 Å². The van der Waals surface area contributed by atoms with E-state index in [0.717, 1.165) is 13.1 Å². The van der Waals surface area contributed by atoms with E-state index in [1.165, 1.54) is 6.20 Å². The first kappa shape index (κ1) is 12.8. The summed E-state index contributed by atoms with van der Waals surface area (Å²) in [7, 11) is 0. The Kier molecular flexibility index (Phi) is 3.42. The fraction of sp³-hybridized carbons (Fsp3) is 0.700. The molecule has 0 amide bonds. The lowest BCUT2D eigenvalue weighted by Gasteiger charge is -2.12. The number of likely N-dealkylation sites (tertiary alicyclic amines) is 1. The van der Waals surface area contributed by atoms with Crippen LogP contribution in [0.1, 0.15) is 16.8 Å². The number of nitrogens with zero attached hydrogens (tertiary/aromatic N) is 2. The lowest BCUT2D eigenvalue weighted by atomic mass is 10.1. The second-order valence-corrected chi connectivity index (χ2v) is 5.58. The summed E-state index contributed by atoms with van der Waals surface area (Å²) in [5, 5.41) is -0.774. The van der Waals surface area contributed by atoms with Gasteiger partial charge >= 0.3 is 6.18 Å². The fourth-order valence-corrected chi connectivity index (χ4v) is 2.78. The molecule has 1 fully saturated rings. The number of rotatable bonds is 2. The van der Waals surface area contributed by atoms with Gasteiger partial charge < -0.3 is 5.73 Å². The summed E-state index contributed by atoms with van der Waals surface area (Å²) < 4.78 is 37.1. The number of hydrogen-bond acceptors (Lipinski definition) is 4. The van der Waals surface area contributed by atoms with Crippen LogP contribution in [0.15, 0.2) is 6.20 Å². The number of aromatic nitrogens is 1. The molecule has 0 aromatic carbocycles. The van der Waals surface area contributed by atoms with Crippen LogP contribution in [0.5, 0.6) is 0 Å². The van der Waals surface area contributed by atoms with Gasteiger partial charge in [-0.2, -0.15) is 13.2 Å². The van der Waals surface area contributed by atoms with E-state index in [2.05, 4.69) is 16.8 Å². The van der Waals surface area contributed by atoms with Crippen molar-refractivity contribution < 1.29 is 13.2 Å². The molecule has 2 unspecified atom stereocenters. The van der Waals surface area contributed by atoms with Crippen LogP contribution in [0, 0.1) is 5.92 Å². The van der Waals surface area contributed by atoms with Gasteiger partial charge in [0.15, 0.2) is 5.01 Å². The van der Waals surface area contributed by atoms with Crippen molar-refractivity contribution in [1.29, 1.82) is 0 Å². The molecule has 2 atom stereocenters. The molecule has 1 saturated heterocycles. The monoisotopic (exact) mass is 265 g/mol. The van der Waals surface area contributed by atoms with Gasteiger partial charge in [-0.3, -0.25) is 4.90 Å². The zero-order valence-corrected chi connectivity index (χ0v) is 10.2. The van der Waals surface area contributed by atoms with E-state index in [1.807, 2.05) is 0 Å². The van der Waals surface area contributed by atoms with Gasteiger partial charge in [-0.25, -0.2) is 4.98 Å². The van der Waals surface area contributed by atoms with Gasteiger partial charge in [0.1, 0.15) is 0 Å². The summed E-state index contributed by atoms with van der Waals surface area (Å²) in [6.07, 6.45) is -3.03. The lowest BCUT2D eigenvalue weighted by molar-refractivity contribution is -0.137. The Hall–Kier alpha value is -0.660. The topological polar surface area (TPSA) is 42.2 Å². The highest BCUT2D eigenvalue weighted by molar-refractivity contribution is 7.11. The summed E-state index contributed by atoms with van der Waals surface area (Å²) in [5.41, 5.74) is 5.86. The molecule has 2 N–H and O–H groups in total. The summed E-state index contributed by atoms with van der Waals surface area (Å²) in [6.45, 7) is 4.13. The predicted octanol–water partition coefficient (Wildman–Crippen LogP) is 1.94. The third-order valence-electron chi connectivity index (χ3n) is 2.92. The molecule has 0 spiro atoms. The van der Waals surface area contributed by atoms with Crippen molar-refractivity contribution in [2.24, 2.45) is 11.7 Å². The Labute approximate surface area is 101 Å². The number of thiazole rings is 1. The van der Waals surface area contributed by atoms with Crippen LogP contribution < -0.4 is 5.73 Å². The average Bonchev–Trinajstić information content (AvgIpc) is 2.75. The van der Waals surface area contributed by atoms with Crippen LogP contribution in [0.2, 0.25) is 0 Å². The van der Waals surface area contributed by atoms with Gasteiger partial charge in [0.25, 0.3) is 0 Å². The Balaban J connectivity index is 1.98. The van der Waals surface area contributed by atoms with Crippen molar-refractivity contribution >= 4 is 11.3 Å². The van der Waals surface area contributed by atoms with Crippen LogP contribution in [0.25, 0.3) is 0 Å². The lowest BCUT2D eigenvalue weighted by Crippen LogP contribution is -2.28. The highest BCUT2D eigenvalue weighted by Gasteiger charge is 2.35. The number of hydrogen-bond donors (Lipinski definition) is 1. The maximum absolute atomic E-state index is 12.4. The van der Waals surface area contributed by atoms with E-state index in [4.69, 9.17) is 5.73 Å². The smallest absolute Gasteiger partial charge is 0.326 e. The minimum Gasteiger partial charge on any atom is -0.326 e. The van der Waals surface area contributed by atoms with Crippen LogP contribution in [0.4, 0.5) is 13.2 Å². The first-order chi connectivity index (χ1) is 7.86. The van der Waals surface area contributed by atoms with Gasteiger partial charge in [-0.1, -0.05) is 6.92 Å². The summed E-state index contributed by atoms with van der Waals surface area (Å²) >= 11 is 0.711. The third kappa shape index (κ3) is 2.97. The normalized spacial score (nSPS) is 26.6. The molecule has 17 heavy (non-hydrogen) atoms. The second kappa shape index (κ2) is 4.55. The summed E-state index contributed by atoms with van der Waals surface area (Å²) in [5.74, 6) is 0.394. The van der Waals surface area contributed by atoms with Gasteiger partial charge in [-0.05, 0) is 5.92 Å². The van der Waals surface area contributed by atoms with Crippen LogP contribution in [-0.2, 0) is 12.7 Å². The molecule has 3 nitrogen and oxygen atoms in total. The number of alkyl halides is 3. The van der Waals surface area contributed by atoms with E-state index < -0.39 is 11.2 Å². The largest absolute Gasteiger partial charge is 0.443 e. The standard InChI is InChI=1S/C10H14F3N3S/c1-6-3-16(5-8(6)14)4-7-2-15-9(17-7)10(11,12)13/h2,6,8H,3-5,14H2,1H3.